The lowest BCUT2D eigenvalue weighted by Gasteiger charge is -2.08. The van der Waals surface area contributed by atoms with Crippen molar-refractivity contribution in [3.05, 3.63) is 43.0 Å². The Hall–Kier alpha value is -1.91. The molecule has 1 aromatic rings. The highest BCUT2D eigenvalue weighted by atomic mass is 31.1. The molecule has 0 bridgehead atoms. The predicted molar refractivity (Wildman–Crippen MR) is 71.4 cm³/mol. The summed E-state index contributed by atoms with van der Waals surface area (Å²) in [5, 5.41) is 25.5. The maximum absolute atomic E-state index is 11.7. The molecule has 2 unspecified atom stereocenters. The first-order chi connectivity index (χ1) is 8.93. The fourth-order valence-electron chi connectivity index (χ4n) is 1.08. The van der Waals surface area contributed by atoms with Gasteiger partial charge in [0.2, 0.25) is 0 Å². The standard InChI is InChI=1S/C9H11O4P.C3H4O2/c10-6-8(9(11)12)14(13)7-4-2-1-3-5-7;1-2-3(4)5/h1-5,8,10,14H,6H2,(H,11,12);2H,1H2,(H,4,5). The third kappa shape index (κ3) is 6.55. The molecule has 1 rings (SSSR count). The Labute approximate surface area is 110 Å². The van der Waals surface area contributed by atoms with Gasteiger partial charge in [-0.05, 0) is 0 Å². The summed E-state index contributed by atoms with van der Waals surface area (Å²) < 4.78 is 11.7. The lowest BCUT2D eigenvalue weighted by Crippen LogP contribution is -2.23. The highest BCUT2D eigenvalue weighted by Crippen LogP contribution is 2.26. The smallest absolute Gasteiger partial charge is 0.327 e. The summed E-state index contributed by atoms with van der Waals surface area (Å²) in [6.45, 7) is 2.37. The Kier molecular flexibility index (Phi) is 8.17. The molecular formula is C12H15O6P. The van der Waals surface area contributed by atoms with Crippen LogP contribution in [-0.2, 0) is 14.2 Å². The van der Waals surface area contributed by atoms with E-state index in [-0.39, 0.29) is 0 Å². The average Bonchev–Trinajstić information content (AvgIpc) is 2.40. The molecule has 19 heavy (non-hydrogen) atoms. The van der Waals surface area contributed by atoms with Gasteiger partial charge >= 0.3 is 11.9 Å². The Balaban J connectivity index is 0.000000555. The summed E-state index contributed by atoms with van der Waals surface area (Å²) in [6.07, 6.45) is 0.833. The van der Waals surface area contributed by atoms with Gasteiger partial charge in [-0.25, -0.2) is 4.79 Å². The summed E-state index contributed by atoms with van der Waals surface area (Å²) in [7, 11) is -2.46. The normalized spacial score (nSPS) is 12.5. The second kappa shape index (κ2) is 9.08. The highest BCUT2D eigenvalue weighted by molar-refractivity contribution is 7.55. The largest absolute Gasteiger partial charge is 0.481 e. The van der Waals surface area contributed by atoms with Crippen LogP contribution < -0.4 is 5.30 Å². The van der Waals surface area contributed by atoms with Gasteiger partial charge in [0.1, 0.15) is 13.5 Å². The molecule has 0 radical (unpaired) electrons. The number of benzene rings is 1. The molecule has 3 N–H and O–H groups in total. The van der Waals surface area contributed by atoms with Crippen molar-refractivity contribution in [1.29, 1.82) is 0 Å². The van der Waals surface area contributed by atoms with Crippen molar-refractivity contribution in [1.82, 2.24) is 0 Å². The van der Waals surface area contributed by atoms with E-state index in [0.717, 1.165) is 6.08 Å². The van der Waals surface area contributed by atoms with E-state index >= 15 is 0 Å². The second-order valence-corrected chi connectivity index (χ2v) is 5.35. The molecule has 6 nitrogen and oxygen atoms in total. The molecule has 0 aliphatic rings. The van der Waals surface area contributed by atoms with Crippen molar-refractivity contribution in [2.45, 2.75) is 5.66 Å². The maximum Gasteiger partial charge on any atom is 0.327 e. The first-order valence-corrected chi connectivity index (χ1v) is 6.70. The van der Waals surface area contributed by atoms with Crippen LogP contribution in [0.3, 0.4) is 0 Å². The number of aliphatic hydroxyl groups excluding tert-OH is 1. The number of carboxylic acids is 2. The Morgan fingerprint density at radius 3 is 2.05 bits per heavy atom. The first-order valence-electron chi connectivity index (χ1n) is 5.22. The van der Waals surface area contributed by atoms with Crippen molar-refractivity contribution in [3.63, 3.8) is 0 Å². The van der Waals surface area contributed by atoms with Gasteiger partial charge in [0.05, 0.1) is 6.61 Å². The van der Waals surface area contributed by atoms with Crippen LogP contribution in [0.25, 0.3) is 0 Å². The predicted octanol–water partition coefficient (Wildman–Crippen LogP) is 0.574. The summed E-state index contributed by atoms with van der Waals surface area (Å²) in [5.74, 6) is -2.20. The summed E-state index contributed by atoms with van der Waals surface area (Å²) in [4.78, 5) is 19.9. The van der Waals surface area contributed by atoms with Crippen LogP contribution in [-0.4, -0.2) is 39.5 Å². The number of rotatable bonds is 5. The number of aliphatic carboxylic acids is 2. The number of aliphatic hydroxyl groups is 1. The quantitative estimate of drug-likeness (QED) is 0.539. The zero-order valence-electron chi connectivity index (χ0n) is 10.0. The van der Waals surface area contributed by atoms with Crippen LogP contribution in [0.4, 0.5) is 0 Å². The van der Waals surface area contributed by atoms with Crippen LogP contribution in [0, 0.1) is 0 Å². The molecule has 0 spiro atoms. The molecular weight excluding hydrogens is 271 g/mol. The van der Waals surface area contributed by atoms with E-state index in [4.69, 9.17) is 15.3 Å². The third-order valence-corrected chi connectivity index (χ3v) is 3.99. The summed E-state index contributed by atoms with van der Waals surface area (Å²) >= 11 is 0. The van der Waals surface area contributed by atoms with Crippen molar-refractivity contribution in [3.8, 4) is 0 Å². The Bertz CT molecular complexity index is 457. The SMILES string of the molecule is C=CC(=O)O.O=C(O)C(CO)[PH](=O)c1ccccc1. The molecule has 2 atom stereocenters. The Morgan fingerprint density at radius 2 is 1.74 bits per heavy atom. The van der Waals surface area contributed by atoms with E-state index in [1.165, 1.54) is 0 Å². The van der Waals surface area contributed by atoms with Gasteiger partial charge in [-0.15, -0.1) is 0 Å². The van der Waals surface area contributed by atoms with E-state index in [2.05, 4.69) is 6.58 Å². The molecule has 0 saturated heterocycles. The number of carbonyl (C=O) groups is 2. The van der Waals surface area contributed by atoms with Crippen molar-refractivity contribution >= 4 is 25.0 Å². The van der Waals surface area contributed by atoms with Crippen molar-refractivity contribution in [2.75, 3.05) is 6.61 Å². The van der Waals surface area contributed by atoms with Crippen LogP contribution in [0.5, 0.6) is 0 Å². The van der Waals surface area contributed by atoms with Crippen LogP contribution in [0.15, 0.2) is 43.0 Å². The van der Waals surface area contributed by atoms with Crippen LogP contribution in [0.2, 0.25) is 0 Å². The van der Waals surface area contributed by atoms with E-state index < -0.39 is 32.0 Å². The molecule has 0 aromatic heterocycles. The second-order valence-electron chi connectivity index (χ2n) is 3.35. The minimum Gasteiger partial charge on any atom is -0.481 e. The van der Waals surface area contributed by atoms with E-state index in [1.807, 2.05) is 0 Å². The van der Waals surface area contributed by atoms with Crippen molar-refractivity contribution < 1.29 is 29.5 Å². The van der Waals surface area contributed by atoms with Crippen LogP contribution in [0.1, 0.15) is 0 Å². The lowest BCUT2D eigenvalue weighted by atomic mass is 10.4. The molecule has 104 valence electrons. The molecule has 0 saturated carbocycles. The Morgan fingerprint density at radius 1 is 1.26 bits per heavy atom. The monoisotopic (exact) mass is 286 g/mol. The number of hydrogen-bond acceptors (Lipinski definition) is 4. The van der Waals surface area contributed by atoms with Gasteiger partial charge in [-0.1, -0.05) is 36.9 Å². The maximum atomic E-state index is 11.7. The minimum atomic E-state index is -2.46. The molecule has 7 heteroatoms. The molecule has 0 fully saturated rings. The average molecular weight is 286 g/mol. The van der Waals surface area contributed by atoms with Gasteiger partial charge < -0.3 is 19.9 Å². The zero-order valence-corrected chi connectivity index (χ0v) is 11.0. The fraction of sp³-hybridized carbons (Fsp3) is 0.167. The van der Waals surface area contributed by atoms with E-state index in [0.29, 0.717) is 5.30 Å². The van der Waals surface area contributed by atoms with Gasteiger partial charge in [-0.2, -0.15) is 0 Å². The van der Waals surface area contributed by atoms with Gasteiger partial charge in [0.25, 0.3) is 0 Å². The zero-order chi connectivity index (χ0) is 14.8. The van der Waals surface area contributed by atoms with Gasteiger partial charge in [0.15, 0.2) is 0 Å². The molecule has 0 heterocycles. The minimum absolute atomic E-state index is 0.485. The summed E-state index contributed by atoms with van der Waals surface area (Å²) in [5.41, 5.74) is -1.18. The van der Waals surface area contributed by atoms with Crippen molar-refractivity contribution in [2.24, 2.45) is 0 Å². The lowest BCUT2D eigenvalue weighted by molar-refractivity contribution is -0.137. The first kappa shape index (κ1) is 17.1. The number of hydrogen-bond donors (Lipinski definition) is 3. The third-order valence-electron chi connectivity index (χ3n) is 2.03. The molecule has 1 aromatic carbocycles. The van der Waals surface area contributed by atoms with E-state index in [9.17, 15) is 14.2 Å². The van der Waals surface area contributed by atoms with Gasteiger partial charge in [-0.3, -0.25) is 4.79 Å². The van der Waals surface area contributed by atoms with E-state index in [1.54, 1.807) is 30.3 Å². The molecule has 0 aliphatic heterocycles. The molecule has 0 amide bonds. The molecule has 0 aliphatic carbocycles. The fourth-order valence-corrected chi connectivity index (χ4v) is 2.39. The number of carboxylic acid groups (broad SMARTS) is 2. The van der Waals surface area contributed by atoms with Gasteiger partial charge in [0, 0.05) is 11.4 Å². The summed E-state index contributed by atoms with van der Waals surface area (Å²) in [6, 6.07) is 8.34. The highest BCUT2D eigenvalue weighted by Gasteiger charge is 2.24. The van der Waals surface area contributed by atoms with Crippen LogP contribution >= 0.6 is 7.80 Å². The topological polar surface area (TPSA) is 112 Å².